The summed E-state index contributed by atoms with van der Waals surface area (Å²) in [6, 6.07) is 10.1. The van der Waals surface area contributed by atoms with Gasteiger partial charge in [0.1, 0.15) is 11.5 Å². The molecule has 2 aromatic rings. The second-order valence-electron chi connectivity index (χ2n) is 4.32. The van der Waals surface area contributed by atoms with Crippen LogP contribution < -0.4 is 5.32 Å². The van der Waals surface area contributed by atoms with Gasteiger partial charge in [-0.15, -0.1) is 0 Å². The molecule has 0 radical (unpaired) electrons. The number of benzene rings is 1. The molecule has 1 heterocycles. The predicted molar refractivity (Wildman–Crippen MR) is 82.8 cm³/mol. The summed E-state index contributed by atoms with van der Waals surface area (Å²) in [7, 11) is 0. The second kappa shape index (κ2) is 6.60. The number of nitrogens with one attached hydrogen (secondary N) is 1. The van der Waals surface area contributed by atoms with Crippen molar-refractivity contribution >= 4 is 27.5 Å². The van der Waals surface area contributed by atoms with Crippen molar-refractivity contribution in [2.24, 2.45) is 0 Å². The van der Waals surface area contributed by atoms with Crippen LogP contribution in [0.1, 0.15) is 37.0 Å². The van der Waals surface area contributed by atoms with Gasteiger partial charge in [-0.05, 0) is 52.3 Å². The lowest BCUT2D eigenvalue weighted by molar-refractivity contribution is 0.426. The van der Waals surface area contributed by atoms with Gasteiger partial charge in [0.2, 0.25) is 0 Å². The van der Waals surface area contributed by atoms with Crippen LogP contribution in [0.5, 0.6) is 0 Å². The van der Waals surface area contributed by atoms with Crippen LogP contribution >= 0.6 is 27.5 Å². The lowest BCUT2D eigenvalue weighted by atomic mass is 10.0. The smallest absolute Gasteiger partial charge is 0.125 e. The van der Waals surface area contributed by atoms with Crippen LogP contribution in [0.2, 0.25) is 5.02 Å². The van der Waals surface area contributed by atoms with E-state index in [-0.39, 0.29) is 6.04 Å². The highest BCUT2D eigenvalue weighted by Crippen LogP contribution is 2.30. The topological polar surface area (TPSA) is 25.2 Å². The van der Waals surface area contributed by atoms with Crippen molar-refractivity contribution in [2.45, 2.75) is 26.3 Å². The highest BCUT2D eigenvalue weighted by Gasteiger charge is 2.17. The van der Waals surface area contributed by atoms with E-state index in [1.807, 2.05) is 24.3 Å². The summed E-state index contributed by atoms with van der Waals surface area (Å²) >= 11 is 9.59. The maximum Gasteiger partial charge on any atom is 0.125 e. The molecule has 0 bridgehead atoms. The molecule has 1 aromatic carbocycles. The van der Waals surface area contributed by atoms with Gasteiger partial charge in [-0.25, -0.2) is 0 Å². The summed E-state index contributed by atoms with van der Waals surface area (Å²) in [5, 5.41) is 4.14. The summed E-state index contributed by atoms with van der Waals surface area (Å²) < 4.78 is 6.76. The van der Waals surface area contributed by atoms with Crippen molar-refractivity contribution in [3.8, 4) is 0 Å². The number of hydrogen-bond donors (Lipinski definition) is 1. The maximum atomic E-state index is 6.17. The number of hydrogen-bond acceptors (Lipinski definition) is 2. The fourth-order valence-corrected chi connectivity index (χ4v) is 2.45. The third-order valence-electron chi connectivity index (χ3n) is 3.00. The van der Waals surface area contributed by atoms with Crippen molar-refractivity contribution in [1.82, 2.24) is 5.32 Å². The molecule has 0 aliphatic rings. The van der Waals surface area contributed by atoms with E-state index in [4.69, 9.17) is 16.0 Å². The van der Waals surface area contributed by atoms with Gasteiger partial charge in [-0.1, -0.05) is 31.5 Å². The van der Waals surface area contributed by atoms with Gasteiger partial charge < -0.3 is 9.73 Å². The van der Waals surface area contributed by atoms with Crippen LogP contribution in [-0.2, 0) is 6.42 Å². The molecule has 2 rings (SSSR count). The largest absolute Gasteiger partial charge is 0.464 e. The quantitative estimate of drug-likeness (QED) is 0.831. The fourth-order valence-electron chi connectivity index (χ4n) is 2.02. The van der Waals surface area contributed by atoms with Gasteiger partial charge in [0, 0.05) is 10.9 Å². The Bertz CT molecular complexity index is 553. The molecule has 19 heavy (non-hydrogen) atoms. The Hall–Kier alpha value is -0.770. The van der Waals surface area contributed by atoms with Crippen molar-refractivity contribution in [2.75, 3.05) is 6.54 Å². The van der Waals surface area contributed by atoms with E-state index < -0.39 is 0 Å². The summed E-state index contributed by atoms with van der Waals surface area (Å²) in [4.78, 5) is 0. The summed E-state index contributed by atoms with van der Waals surface area (Å²) in [5.74, 6) is 1.93. The Kier molecular flexibility index (Phi) is 5.08. The molecule has 0 saturated carbocycles. The van der Waals surface area contributed by atoms with Crippen LogP contribution in [0.4, 0.5) is 0 Å². The van der Waals surface area contributed by atoms with Crippen LogP contribution in [0.15, 0.2) is 39.2 Å². The van der Waals surface area contributed by atoms with Gasteiger partial charge in [0.05, 0.1) is 11.1 Å². The highest BCUT2D eigenvalue weighted by atomic mass is 79.9. The average Bonchev–Trinajstić information content (AvgIpc) is 2.88. The Morgan fingerprint density at radius 3 is 2.63 bits per heavy atom. The number of furan rings is 1. The summed E-state index contributed by atoms with van der Waals surface area (Å²) in [6.07, 6.45) is 0.903. The lowest BCUT2D eigenvalue weighted by Crippen LogP contribution is -2.21. The first-order valence-corrected chi connectivity index (χ1v) is 7.59. The van der Waals surface area contributed by atoms with Crippen molar-refractivity contribution in [1.29, 1.82) is 0 Å². The SMILES string of the molecule is CCNC(c1ccc(Br)c(Cl)c1)c1ccc(CC)o1. The Labute approximate surface area is 127 Å². The molecule has 1 aromatic heterocycles. The van der Waals surface area contributed by atoms with E-state index in [0.29, 0.717) is 5.02 Å². The second-order valence-corrected chi connectivity index (χ2v) is 5.58. The zero-order valence-corrected chi connectivity index (χ0v) is 13.4. The van der Waals surface area contributed by atoms with E-state index in [1.54, 1.807) is 0 Å². The first-order chi connectivity index (χ1) is 9.15. The van der Waals surface area contributed by atoms with E-state index in [9.17, 15) is 0 Å². The fraction of sp³-hybridized carbons (Fsp3) is 0.333. The van der Waals surface area contributed by atoms with E-state index >= 15 is 0 Å². The van der Waals surface area contributed by atoms with Crippen molar-refractivity contribution in [3.63, 3.8) is 0 Å². The third-order valence-corrected chi connectivity index (χ3v) is 4.23. The molecule has 1 unspecified atom stereocenters. The van der Waals surface area contributed by atoms with Crippen molar-refractivity contribution in [3.05, 3.63) is 56.9 Å². The van der Waals surface area contributed by atoms with E-state index in [0.717, 1.165) is 34.5 Å². The molecule has 0 fully saturated rings. The molecule has 0 aliphatic carbocycles. The van der Waals surface area contributed by atoms with Crippen molar-refractivity contribution < 1.29 is 4.42 Å². The van der Waals surface area contributed by atoms with Crippen LogP contribution in [-0.4, -0.2) is 6.54 Å². The van der Waals surface area contributed by atoms with E-state index in [2.05, 4.69) is 41.2 Å². The van der Waals surface area contributed by atoms with Gasteiger partial charge in [0.25, 0.3) is 0 Å². The first kappa shape index (κ1) is 14.6. The zero-order valence-electron chi connectivity index (χ0n) is 11.0. The van der Waals surface area contributed by atoms with E-state index in [1.165, 1.54) is 0 Å². The monoisotopic (exact) mass is 341 g/mol. The number of rotatable bonds is 5. The molecular weight excluding hydrogens is 326 g/mol. The molecule has 0 amide bonds. The number of aryl methyl sites for hydroxylation is 1. The van der Waals surface area contributed by atoms with Gasteiger partial charge in [-0.3, -0.25) is 0 Å². The third kappa shape index (κ3) is 3.41. The molecule has 0 aliphatic heterocycles. The van der Waals surface area contributed by atoms with Crippen LogP contribution in [0.25, 0.3) is 0 Å². The molecule has 1 N–H and O–H groups in total. The molecule has 102 valence electrons. The summed E-state index contributed by atoms with van der Waals surface area (Å²) in [6.45, 7) is 5.03. The van der Waals surface area contributed by atoms with Gasteiger partial charge in [0.15, 0.2) is 0 Å². The molecule has 2 nitrogen and oxygen atoms in total. The molecular formula is C15H17BrClNO. The van der Waals surface area contributed by atoms with Gasteiger partial charge in [-0.2, -0.15) is 0 Å². The van der Waals surface area contributed by atoms with Crippen LogP contribution in [0.3, 0.4) is 0 Å². The van der Waals surface area contributed by atoms with Gasteiger partial charge >= 0.3 is 0 Å². The normalized spacial score (nSPS) is 12.6. The highest BCUT2D eigenvalue weighted by molar-refractivity contribution is 9.10. The average molecular weight is 343 g/mol. The molecule has 0 spiro atoms. The maximum absolute atomic E-state index is 6.17. The minimum absolute atomic E-state index is 0.0379. The molecule has 4 heteroatoms. The minimum atomic E-state index is 0.0379. The Balaban J connectivity index is 2.35. The zero-order chi connectivity index (χ0) is 13.8. The minimum Gasteiger partial charge on any atom is -0.464 e. The Morgan fingerprint density at radius 2 is 2.05 bits per heavy atom. The standard InChI is InChI=1S/C15H17BrClNO/c1-3-11-6-8-14(19-11)15(18-4-2)10-5-7-12(16)13(17)9-10/h5-9,15,18H,3-4H2,1-2H3. The van der Waals surface area contributed by atoms with Crippen LogP contribution in [0, 0.1) is 0 Å². The molecule has 1 atom stereocenters. The lowest BCUT2D eigenvalue weighted by Gasteiger charge is -2.16. The predicted octanol–water partition coefficient (Wildman–Crippen LogP) is 4.96. The number of halogens is 2. The molecule has 0 saturated heterocycles. The Morgan fingerprint density at radius 1 is 1.26 bits per heavy atom. The first-order valence-electron chi connectivity index (χ1n) is 6.42. The summed E-state index contributed by atoms with van der Waals surface area (Å²) in [5.41, 5.74) is 1.10.